The van der Waals surface area contributed by atoms with Crippen molar-refractivity contribution in [1.82, 2.24) is 0 Å². The quantitative estimate of drug-likeness (QED) is 0.793. The third-order valence-electron chi connectivity index (χ3n) is 2.82. The van der Waals surface area contributed by atoms with Crippen molar-refractivity contribution < 1.29 is 19.1 Å². The molecule has 0 unspecified atom stereocenters. The molecule has 0 saturated carbocycles. The molecule has 1 aliphatic rings. The average molecular weight is 278 g/mol. The Kier molecular flexibility index (Phi) is 3.95. The number of ketones is 2. The van der Waals surface area contributed by atoms with E-state index in [9.17, 15) is 9.59 Å². The number of carbonyl (C=O) groups is 2. The first kappa shape index (κ1) is 13.7. The molecular weight excluding hydrogens is 264 g/mol. The lowest BCUT2D eigenvalue weighted by molar-refractivity contribution is 0.0829. The number of allylic oxidation sites excluding steroid dienone is 2. The topological polar surface area (TPSA) is 52.6 Å². The molecule has 0 N–H and O–H groups in total. The Bertz CT molecular complexity index is 575. The molecule has 1 aromatic rings. The van der Waals surface area contributed by atoms with Crippen molar-refractivity contribution in [3.63, 3.8) is 0 Å². The molecule has 4 nitrogen and oxygen atoms in total. The fourth-order valence-electron chi connectivity index (χ4n) is 1.99. The maximum atomic E-state index is 12.3. The van der Waals surface area contributed by atoms with Gasteiger partial charge in [-0.2, -0.15) is 0 Å². The normalized spacial score (nSPS) is 14.5. The first-order valence-corrected chi connectivity index (χ1v) is 6.81. The van der Waals surface area contributed by atoms with Gasteiger partial charge in [0, 0.05) is 16.0 Å². The van der Waals surface area contributed by atoms with Crippen molar-refractivity contribution in [2.45, 2.75) is 11.8 Å². The van der Waals surface area contributed by atoms with E-state index >= 15 is 0 Å². The molecular formula is C14H14O4S. The Balaban J connectivity index is 2.56. The number of hydrogen-bond acceptors (Lipinski definition) is 5. The number of methoxy groups -OCH3 is 2. The number of Topliss-reactive ketones (excluding diaryl/α,β-unsaturated/α-hetero) is 2. The summed E-state index contributed by atoms with van der Waals surface area (Å²) in [5.41, 5.74) is 0.740. The number of hydrogen-bond donors (Lipinski definition) is 0. The number of benzene rings is 1. The molecule has 0 aromatic heterocycles. The van der Waals surface area contributed by atoms with Crippen molar-refractivity contribution in [3.05, 3.63) is 40.8 Å². The van der Waals surface area contributed by atoms with E-state index in [-0.39, 0.29) is 23.1 Å². The monoisotopic (exact) mass is 278 g/mol. The van der Waals surface area contributed by atoms with Crippen molar-refractivity contribution in [1.29, 1.82) is 0 Å². The van der Waals surface area contributed by atoms with Crippen molar-refractivity contribution >= 4 is 23.3 Å². The summed E-state index contributed by atoms with van der Waals surface area (Å²) in [7, 11) is 2.71. The molecule has 2 rings (SSSR count). The SMILES string of the molecule is CCSc1ccc2c(c1)C(=O)C(OC)=C(OC)C2=O. The zero-order valence-corrected chi connectivity index (χ0v) is 11.8. The van der Waals surface area contributed by atoms with E-state index in [2.05, 4.69) is 0 Å². The summed E-state index contributed by atoms with van der Waals surface area (Å²) in [5.74, 6) is 0.209. The van der Waals surface area contributed by atoms with E-state index in [0.717, 1.165) is 10.6 Å². The van der Waals surface area contributed by atoms with Crippen molar-refractivity contribution in [2.24, 2.45) is 0 Å². The predicted octanol–water partition coefficient (Wildman–Crippen LogP) is 2.68. The second kappa shape index (κ2) is 5.48. The van der Waals surface area contributed by atoms with Crippen LogP contribution in [0.25, 0.3) is 0 Å². The predicted molar refractivity (Wildman–Crippen MR) is 72.5 cm³/mol. The molecule has 0 heterocycles. The standard InChI is InChI=1S/C14H14O4S/c1-4-19-8-5-6-9-10(7-8)12(16)14(18-3)13(17-2)11(9)15/h5-7H,4H2,1-3H3. The molecule has 0 saturated heterocycles. The minimum absolute atomic E-state index is 0.0290. The summed E-state index contributed by atoms with van der Waals surface area (Å²) in [6.45, 7) is 2.03. The first-order chi connectivity index (χ1) is 9.13. The van der Waals surface area contributed by atoms with Crippen molar-refractivity contribution in [2.75, 3.05) is 20.0 Å². The highest BCUT2D eigenvalue weighted by Gasteiger charge is 2.34. The lowest BCUT2D eigenvalue weighted by Crippen LogP contribution is -2.24. The van der Waals surface area contributed by atoms with Crippen molar-refractivity contribution in [3.8, 4) is 0 Å². The summed E-state index contributed by atoms with van der Waals surface area (Å²) in [6.07, 6.45) is 0. The van der Waals surface area contributed by atoms with Crippen LogP contribution in [0.3, 0.4) is 0 Å². The molecule has 19 heavy (non-hydrogen) atoms. The summed E-state index contributed by atoms with van der Waals surface area (Å²) < 4.78 is 10.0. The Morgan fingerprint density at radius 1 is 1.00 bits per heavy atom. The van der Waals surface area contributed by atoms with E-state index in [0.29, 0.717) is 11.1 Å². The van der Waals surface area contributed by atoms with E-state index in [4.69, 9.17) is 9.47 Å². The minimum atomic E-state index is -0.318. The van der Waals surface area contributed by atoms with Gasteiger partial charge in [-0.3, -0.25) is 9.59 Å². The van der Waals surface area contributed by atoms with Crippen LogP contribution in [-0.2, 0) is 9.47 Å². The second-order valence-corrected chi connectivity index (χ2v) is 5.20. The highest BCUT2D eigenvalue weighted by Crippen LogP contribution is 2.30. The van der Waals surface area contributed by atoms with E-state index < -0.39 is 0 Å². The smallest absolute Gasteiger partial charge is 0.232 e. The molecule has 0 amide bonds. The summed E-state index contributed by atoms with van der Waals surface area (Å²) in [4.78, 5) is 25.5. The van der Waals surface area contributed by atoms with Crippen LogP contribution < -0.4 is 0 Å². The van der Waals surface area contributed by atoms with Gasteiger partial charge in [0.1, 0.15) is 0 Å². The Labute approximate surface area is 115 Å². The van der Waals surface area contributed by atoms with Crippen LogP contribution in [0, 0.1) is 0 Å². The summed E-state index contributed by atoms with van der Waals surface area (Å²) in [6, 6.07) is 5.23. The van der Waals surface area contributed by atoms with Crippen LogP contribution >= 0.6 is 11.8 Å². The van der Waals surface area contributed by atoms with Gasteiger partial charge in [0.05, 0.1) is 14.2 Å². The lowest BCUT2D eigenvalue weighted by Gasteiger charge is -2.19. The largest absolute Gasteiger partial charge is 0.489 e. The van der Waals surface area contributed by atoms with Crippen LogP contribution in [0.1, 0.15) is 27.6 Å². The second-order valence-electron chi connectivity index (χ2n) is 3.87. The van der Waals surface area contributed by atoms with Crippen LogP contribution in [0.4, 0.5) is 0 Å². The highest BCUT2D eigenvalue weighted by molar-refractivity contribution is 7.99. The Morgan fingerprint density at radius 2 is 1.58 bits per heavy atom. The van der Waals surface area contributed by atoms with Gasteiger partial charge in [-0.1, -0.05) is 6.92 Å². The Morgan fingerprint density at radius 3 is 2.11 bits per heavy atom. The van der Waals surface area contributed by atoms with Gasteiger partial charge in [0.2, 0.25) is 23.1 Å². The number of carbonyl (C=O) groups excluding carboxylic acids is 2. The third-order valence-corrected chi connectivity index (χ3v) is 3.69. The number of fused-ring (bicyclic) bond motifs is 1. The molecule has 0 radical (unpaired) electrons. The highest BCUT2D eigenvalue weighted by atomic mass is 32.2. The molecule has 0 bridgehead atoms. The minimum Gasteiger partial charge on any atom is -0.489 e. The maximum absolute atomic E-state index is 12.3. The first-order valence-electron chi connectivity index (χ1n) is 5.82. The van der Waals surface area contributed by atoms with E-state index in [1.54, 1.807) is 23.9 Å². The summed E-state index contributed by atoms with van der Waals surface area (Å²) in [5, 5.41) is 0. The number of ether oxygens (including phenoxy) is 2. The van der Waals surface area contributed by atoms with Crippen LogP contribution in [0.15, 0.2) is 34.6 Å². The van der Waals surface area contributed by atoms with E-state index in [1.807, 2.05) is 13.0 Å². The number of thioether (sulfide) groups is 1. The fraction of sp³-hybridized carbons (Fsp3) is 0.286. The van der Waals surface area contributed by atoms with Gasteiger partial charge in [-0.05, 0) is 24.0 Å². The van der Waals surface area contributed by atoms with E-state index in [1.165, 1.54) is 14.2 Å². The zero-order valence-electron chi connectivity index (χ0n) is 11.0. The Hall–Kier alpha value is -1.75. The van der Waals surface area contributed by atoms with Crippen LogP contribution in [0.2, 0.25) is 0 Å². The van der Waals surface area contributed by atoms with Gasteiger partial charge < -0.3 is 9.47 Å². The van der Waals surface area contributed by atoms with Gasteiger partial charge >= 0.3 is 0 Å². The molecule has 100 valence electrons. The molecule has 0 aliphatic heterocycles. The molecule has 0 spiro atoms. The zero-order chi connectivity index (χ0) is 14.0. The molecule has 1 aromatic carbocycles. The summed E-state index contributed by atoms with van der Waals surface area (Å²) >= 11 is 1.62. The molecule has 0 fully saturated rings. The molecule has 0 atom stereocenters. The van der Waals surface area contributed by atoms with Gasteiger partial charge in [-0.15, -0.1) is 11.8 Å². The molecule has 1 aliphatic carbocycles. The molecule has 5 heteroatoms. The lowest BCUT2D eigenvalue weighted by atomic mass is 9.92. The van der Waals surface area contributed by atoms with Gasteiger partial charge in [0.15, 0.2) is 0 Å². The van der Waals surface area contributed by atoms with Gasteiger partial charge in [0.25, 0.3) is 0 Å². The third kappa shape index (κ3) is 2.26. The average Bonchev–Trinajstić information content (AvgIpc) is 2.42. The fourth-order valence-corrected chi connectivity index (χ4v) is 2.69. The van der Waals surface area contributed by atoms with Crippen LogP contribution in [0.5, 0.6) is 0 Å². The van der Waals surface area contributed by atoms with Gasteiger partial charge in [-0.25, -0.2) is 0 Å². The van der Waals surface area contributed by atoms with Crippen LogP contribution in [-0.4, -0.2) is 31.5 Å². The number of rotatable bonds is 4. The maximum Gasteiger partial charge on any atom is 0.232 e.